The van der Waals surface area contributed by atoms with Crippen molar-refractivity contribution in [3.8, 4) is 17.0 Å². The highest BCUT2D eigenvalue weighted by Crippen LogP contribution is 2.16. The second-order valence-electron chi connectivity index (χ2n) is 2.39. The summed E-state index contributed by atoms with van der Waals surface area (Å²) in [7, 11) is 0. The lowest BCUT2D eigenvalue weighted by atomic mass is 10.2. The number of nitrogens with one attached hydrogen (secondary N) is 1. The van der Waals surface area contributed by atoms with Crippen LogP contribution in [-0.2, 0) is 0 Å². The predicted octanol–water partition coefficient (Wildman–Crippen LogP) is 1.18. The Morgan fingerprint density at radius 3 is 2.75 bits per heavy atom. The van der Waals surface area contributed by atoms with Crippen LogP contribution < -0.4 is 0 Å². The van der Waals surface area contributed by atoms with Gasteiger partial charge in [-0.15, -0.1) is 0 Å². The smallest absolute Gasteiger partial charge is 0.133 e. The summed E-state index contributed by atoms with van der Waals surface area (Å²) in [6.07, 6.45) is 4.83. The van der Waals surface area contributed by atoms with Crippen LogP contribution in [-0.4, -0.2) is 20.3 Å². The van der Waals surface area contributed by atoms with Crippen LogP contribution >= 0.6 is 0 Å². The minimum absolute atomic E-state index is 0.169. The van der Waals surface area contributed by atoms with Gasteiger partial charge in [-0.25, -0.2) is 0 Å². The molecule has 0 saturated heterocycles. The number of aromatic hydroxyl groups is 1. The summed E-state index contributed by atoms with van der Waals surface area (Å²) in [6.45, 7) is 0. The minimum atomic E-state index is 0.169. The minimum Gasteiger partial charge on any atom is -0.506 e. The summed E-state index contributed by atoms with van der Waals surface area (Å²) in [4.78, 5) is 4.01. The van der Waals surface area contributed by atoms with E-state index in [1.807, 2.05) is 0 Å². The Morgan fingerprint density at radius 1 is 1.25 bits per heavy atom. The van der Waals surface area contributed by atoms with E-state index in [1.165, 1.54) is 6.20 Å². The molecule has 12 heavy (non-hydrogen) atoms. The molecule has 0 amide bonds. The van der Waals surface area contributed by atoms with Gasteiger partial charge < -0.3 is 5.11 Å². The SMILES string of the molecule is Oc1ccc(-c2cn[nH]c2)nc1. The summed E-state index contributed by atoms with van der Waals surface area (Å²) in [5.74, 6) is 0.169. The lowest BCUT2D eigenvalue weighted by Crippen LogP contribution is -1.78. The maximum atomic E-state index is 8.97. The summed E-state index contributed by atoms with van der Waals surface area (Å²) in [6, 6.07) is 3.33. The van der Waals surface area contributed by atoms with Crippen molar-refractivity contribution >= 4 is 0 Å². The van der Waals surface area contributed by atoms with Crippen LogP contribution in [0.3, 0.4) is 0 Å². The zero-order valence-corrected chi connectivity index (χ0v) is 6.23. The maximum Gasteiger partial charge on any atom is 0.133 e. The summed E-state index contributed by atoms with van der Waals surface area (Å²) < 4.78 is 0. The van der Waals surface area contributed by atoms with Gasteiger partial charge >= 0.3 is 0 Å². The molecular formula is C8H7N3O. The van der Waals surface area contributed by atoms with Gasteiger partial charge in [0.2, 0.25) is 0 Å². The summed E-state index contributed by atoms with van der Waals surface area (Å²) in [5.41, 5.74) is 1.71. The Hall–Kier alpha value is -1.84. The first-order valence-electron chi connectivity index (χ1n) is 3.50. The highest BCUT2D eigenvalue weighted by molar-refractivity contribution is 5.56. The quantitative estimate of drug-likeness (QED) is 0.660. The van der Waals surface area contributed by atoms with E-state index in [2.05, 4.69) is 15.2 Å². The number of aromatic nitrogens is 3. The van der Waals surface area contributed by atoms with Gasteiger partial charge in [-0.3, -0.25) is 10.1 Å². The molecule has 0 bridgehead atoms. The number of pyridine rings is 1. The molecule has 2 aromatic rings. The van der Waals surface area contributed by atoms with Crippen molar-refractivity contribution < 1.29 is 5.11 Å². The number of rotatable bonds is 1. The molecule has 2 aromatic heterocycles. The number of aromatic amines is 1. The Bertz CT molecular complexity index is 352. The normalized spacial score (nSPS) is 10.0. The second kappa shape index (κ2) is 2.65. The monoisotopic (exact) mass is 161 g/mol. The van der Waals surface area contributed by atoms with Crippen LogP contribution in [0.25, 0.3) is 11.3 Å². The Morgan fingerprint density at radius 2 is 2.17 bits per heavy atom. The zero-order valence-electron chi connectivity index (χ0n) is 6.23. The highest BCUT2D eigenvalue weighted by Gasteiger charge is 1.98. The maximum absolute atomic E-state index is 8.97. The molecule has 0 aliphatic rings. The molecule has 0 radical (unpaired) electrons. The van der Waals surface area contributed by atoms with Crippen molar-refractivity contribution in [2.45, 2.75) is 0 Å². The van der Waals surface area contributed by atoms with Crippen molar-refractivity contribution in [1.29, 1.82) is 0 Å². The van der Waals surface area contributed by atoms with E-state index in [0.29, 0.717) is 0 Å². The van der Waals surface area contributed by atoms with E-state index in [-0.39, 0.29) is 5.75 Å². The fourth-order valence-corrected chi connectivity index (χ4v) is 0.948. The average molecular weight is 161 g/mol. The van der Waals surface area contributed by atoms with Gasteiger partial charge in [0.25, 0.3) is 0 Å². The number of nitrogens with zero attached hydrogens (tertiary/aromatic N) is 2. The van der Waals surface area contributed by atoms with Gasteiger partial charge in [0.15, 0.2) is 0 Å². The fraction of sp³-hybridized carbons (Fsp3) is 0. The number of hydrogen-bond donors (Lipinski definition) is 2. The van der Waals surface area contributed by atoms with E-state index in [9.17, 15) is 0 Å². The van der Waals surface area contributed by atoms with Crippen molar-refractivity contribution in [3.63, 3.8) is 0 Å². The fourth-order valence-electron chi connectivity index (χ4n) is 0.948. The summed E-state index contributed by atoms with van der Waals surface area (Å²) in [5, 5.41) is 15.5. The van der Waals surface area contributed by atoms with Gasteiger partial charge in [0.1, 0.15) is 5.75 Å². The molecule has 0 unspecified atom stereocenters. The van der Waals surface area contributed by atoms with Crippen LogP contribution in [0.4, 0.5) is 0 Å². The third-order valence-corrected chi connectivity index (χ3v) is 1.54. The molecule has 4 heteroatoms. The number of H-pyrrole nitrogens is 1. The molecule has 0 atom stereocenters. The molecule has 0 aromatic carbocycles. The van der Waals surface area contributed by atoms with Gasteiger partial charge in [-0.1, -0.05) is 0 Å². The van der Waals surface area contributed by atoms with E-state index >= 15 is 0 Å². The van der Waals surface area contributed by atoms with Crippen LogP contribution in [0, 0.1) is 0 Å². The van der Waals surface area contributed by atoms with Crippen LogP contribution in [0.15, 0.2) is 30.7 Å². The van der Waals surface area contributed by atoms with Crippen molar-refractivity contribution in [2.24, 2.45) is 0 Å². The largest absolute Gasteiger partial charge is 0.506 e. The molecule has 0 aliphatic heterocycles. The topological polar surface area (TPSA) is 61.8 Å². The van der Waals surface area contributed by atoms with Crippen molar-refractivity contribution in [3.05, 3.63) is 30.7 Å². The van der Waals surface area contributed by atoms with E-state index in [1.54, 1.807) is 24.5 Å². The predicted molar refractivity (Wildman–Crippen MR) is 43.5 cm³/mol. The molecule has 60 valence electrons. The molecular weight excluding hydrogens is 154 g/mol. The van der Waals surface area contributed by atoms with Gasteiger partial charge in [0, 0.05) is 11.8 Å². The Balaban J connectivity index is 2.43. The lowest BCUT2D eigenvalue weighted by Gasteiger charge is -1.94. The first kappa shape index (κ1) is 6.84. The molecule has 2 N–H and O–H groups in total. The highest BCUT2D eigenvalue weighted by atomic mass is 16.3. The van der Waals surface area contributed by atoms with Crippen molar-refractivity contribution in [2.75, 3.05) is 0 Å². The van der Waals surface area contributed by atoms with Gasteiger partial charge in [-0.05, 0) is 12.1 Å². The zero-order chi connectivity index (χ0) is 8.39. The standard InChI is InChI=1S/C8H7N3O/c12-7-1-2-8(9-5-7)6-3-10-11-4-6/h1-5,12H,(H,10,11). The molecule has 2 rings (SSSR count). The molecule has 0 saturated carbocycles. The second-order valence-corrected chi connectivity index (χ2v) is 2.39. The Kier molecular flexibility index (Phi) is 1.51. The van der Waals surface area contributed by atoms with Crippen LogP contribution in [0.2, 0.25) is 0 Å². The van der Waals surface area contributed by atoms with Gasteiger partial charge in [-0.2, -0.15) is 5.10 Å². The average Bonchev–Trinajstić information content (AvgIpc) is 2.58. The van der Waals surface area contributed by atoms with E-state index in [4.69, 9.17) is 5.11 Å². The molecule has 0 aliphatic carbocycles. The van der Waals surface area contributed by atoms with Crippen LogP contribution in [0.1, 0.15) is 0 Å². The third kappa shape index (κ3) is 1.14. The molecule has 0 fully saturated rings. The van der Waals surface area contributed by atoms with Gasteiger partial charge in [0.05, 0.1) is 18.1 Å². The summed E-state index contributed by atoms with van der Waals surface area (Å²) >= 11 is 0. The first-order valence-corrected chi connectivity index (χ1v) is 3.50. The lowest BCUT2D eigenvalue weighted by molar-refractivity contribution is 0.473. The third-order valence-electron chi connectivity index (χ3n) is 1.54. The Labute approximate surface area is 68.9 Å². The number of hydrogen-bond acceptors (Lipinski definition) is 3. The molecule has 2 heterocycles. The molecule has 4 nitrogen and oxygen atoms in total. The van der Waals surface area contributed by atoms with E-state index < -0.39 is 0 Å². The van der Waals surface area contributed by atoms with Crippen LogP contribution in [0.5, 0.6) is 5.75 Å². The van der Waals surface area contributed by atoms with E-state index in [0.717, 1.165) is 11.3 Å². The first-order chi connectivity index (χ1) is 5.86. The molecule has 0 spiro atoms. The van der Waals surface area contributed by atoms with Crippen molar-refractivity contribution in [1.82, 2.24) is 15.2 Å².